The molecule has 2 N–H and O–H groups in total. The van der Waals surface area contributed by atoms with E-state index in [1.165, 1.54) is 12.3 Å². The van der Waals surface area contributed by atoms with Crippen LogP contribution >= 0.6 is 0 Å². The van der Waals surface area contributed by atoms with Gasteiger partial charge in [0.15, 0.2) is 11.5 Å². The third kappa shape index (κ3) is 4.30. The number of rotatable bonds is 5. The van der Waals surface area contributed by atoms with Crippen LogP contribution in [0.25, 0.3) is 0 Å². The molecule has 1 aromatic heterocycles. The van der Waals surface area contributed by atoms with Gasteiger partial charge in [-0.15, -0.1) is 0 Å². The first kappa shape index (κ1) is 17.7. The second-order valence-corrected chi connectivity index (χ2v) is 6.35. The van der Waals surface area contributed by atoms with E-state index in [-0.39, 0.29) is 17.5 Å². The smallest absolute Gasteiger partial charge is 0.269 e. The van der Waals surface area contributed by atoms with Gasteiger partial charge in [-0.1, -0.05) is 13.8 Å². The lowest BCUT2D eigenvalue weighted by atomic mass is 10.2. The van der Waals surface area contributed by atoms with Crippen molar-refractivity contribution in [3.05, 3.63) is 47.8 Å². The van der Waals surface area contributed by atoms with Gasteiger partial charge in [-0.05, 0) is 30.2 Å². The monoisotopic (exact) mass is 355 g/mol. The van der Waals surface area contributed by atoms with Gasteiger partial charge in [0.1, 0.15) is 18.9 Å². The van der Waals surface area contributed by atoms with E-state index in [0.717, 1.165) is 0 Å². The third-order valence-electron chi connectivity index (χ3n) is 3.73. The molecule has 1 aliphatic heterocycles. The largest absolute Gasteiger partial charge is 0.486 e. The first-order valence-corrected chi connectivity index (χ1v) is 8.48. The molecule has 2 heterocycles. The zero-order valence-corrected chi connectivity index (χ0v) is 14.7. The van der Waals surface area contributed by atoms with Gasteiger partial charge in [-0.2, -0.15) is 0 Å². The zero-order valence-electron chi connectivity index (χ0n) is 14.7. The number of aromatic nitrogens is 1. The fourth-order valence-corrected chi connectivity index (χ4v) is 2.41. The van der Waals surface area contributed by atoms with Gasteiger partial charge < -0.3 is 20.1 Å². The number of carbonyl (C=O) groups excluding carboxylic acids is 2. The molecule has 2 aromatic rings. The van der Waals surface area contributed by atoms with Gasteiger partial charge in [0, 0.05) is 30.1 Å². The molecule has 0 saturated carbocycles. The number of hydrogen-bond donors (Lipinski definition) is 2. The van der Waals surface area contributed by atoms with Crippen molar-refractivity contribution >= 4 is 17.5 Å². The fourth-order valence-electron chi connectivity index (χ4n) is 2.41. The highest BCUT2D eigenvalue weighted by Crippen LogP contribution is 2.32. The van der Waals surface area contributed by atoms with Crippen molar-refractivity contribution in [2.45, 2.75) is 13.8 Å². The summed E-state index contributed by atoms with van der Waals surface area (Å²) in [6, 6.07) is 8.24. The molecule has 0 fully saturated rings. The van der Waals surface area contributed by atoms with E-state index in [4.69, 9.17) is 9.47 Å². The molecule has 0 atom stereocenters. The number of nitrogens with zero attached hydrogens (tertiary/aromatic N) is 1. The minimum absolute atomic E-state index is 0.209. The summed E-state index contributed by atoms with van der Waals surface area (Å²) >= 11 is 0. The molecular formula is C19H21N3O4. The summed E-state index contributed by atoms with van der Waals surface area (Å²) in [5.74, 6) is 0.954. The van der Waals surface area contributed by atoms with Crippen LogP contribution in [0.3, 0.4) is 0 Å². The van der Waals surface area contributed by atoms with Crippen molar-refractivity contribution in [1.29, 1.82) is 0 Å². The quantitative estimate of drug-likeness (QED) is 0.860. The Morgan fingerprint density at radius 1 is 1.08 bits per heavy atom. The number of fused-ring (bicyclic) bond motifs is 1. The highest BCUT2D eigenvalue weighted by atomic mass is 16.6. The number of anilines is 1. The van der Waals surface area contributed by atoms with E-state index in [2.05, 4.69) is 15.6 Å². The molecule has 26 heavy (non-hydrogen) atoms. The van der Waals surface area contributed by atoms with Crippen molar-refractivity contribution in [3.63, 3.8) is 0 Å². The van der Waals surface area contributed by atoms with E-state index >= 15 is 0 Å². The maximum absolute atomic E-state index is 12.5. The Hall–Kier alpha value is -3.09. The van der Waals surface area contributed by atoms with Crippen LogP contribution in [0.2, 0.25) is 0 Å². The van der Waals surface area contributed by atoms with Gasteiger partial charge in [0.25, 0.3) is 11.8 Å². The maximum atomic E-state index is 12.5. The number of pyridine rings is 1. The third-order valence-corrected chi connectivity index (χ3v) is 3.73. The SMILES string of the molecule is CC(C)CNC(=O)c1cc(C(=O)Nc2ccc3c(c2)OCCO3)ccn1. The van der Waals surface area contributed by atoms with E-state index in [1.54, 1.807) is 24.3 Å². The molecule has 2 amide bonds. The fraction of sp³-hybridized carbons (Fsp3) is 0.316. The maximum Gasteiger partial charge on any atom is 0.269 e. The van der Waals surface area contributed by atoms with Gasteiger partial charge in [0.05, 0.1) is 0 Å². The Bertz CT molecular complexity index is 820. The predicted octanol–water partition coefficient (Wildman–Crippen LogP) is 2.49. The van der Waals surface area contributed by atoms with Gasteiger partial charge in [-0.25, -0.2) is 0 Å². The van der Waals surface area contributed by atoms with Gasteiger partial charge in [0.2, 0.25) is 0 Å². The van der Waals surface area contributed by atoms with E-state index in [9.17, 15) is 9.59 Å². The zero-order chi connectivity index (χ0) is 18.5. The van der Waals surface area contributed by atoms with E-state index in [1.807, 2.05) is 13.8 Å². The molecule has 7 nitrogen and oxygen atoms in total. The molecule has 7 heteroatoms. The summed E-state index contributed by atoms with van der Waals surface area (Å²) < 4.78 is 11.0. The van der Waals surface area contributed by atoms with E-state index < -0.39 is 0 Å². The lowest BCUT2D eigenvalue weighted by molar-refractivity contribution is 0.0944. The van der Waals surface area contributed by atoms with Crippen molar-refractivity contribution in [2.75, 3.05) is 25.1 Å². The lowest BCUT2D eigenvalue weighted by Crippen LogP contribution is -2.28. The summed E-state index contributed by atoms with van der Waals surface area (Å²) in [4.78, 5) is 28.6. The average Bonchev–Trinajstić information content (AvgIpc) is 2.66. The molecule has 0 aliphatic carbocycles. The van der Waals surface area contributed by atoms with Crippen molar-refractivity contribution in [1.82, 2.24) is 10.3 Å². The minimum Gasteiger partial charge on any atom is -0.486 e. The molecule has 1 aromatic carbocycles. The highest BCUT2D eigenvalue weighted by molar-refractivity contribution is 6.05. The molecule has 1 aliphatic rings. The van der Waals surface area contributed by atoms with Crippen LogP contribution < -0.4 is 20.1 Å². The molecule has 0 radical (unpaired) electrons. The number of ether oxygens (including phenoxy) is 2. The van der Waals surface area contributed by atoms with Crippen LogP contribution in [0.15, 0.2) is 36.5 Å². The Balaban J connectivity index is 1.70. The molecule has 3 rings (SSSR count). The number of benzene rings is 1. The van der Waals surface area contributed by atoms with Gasteiger partial charge >= 0.3 is 0 Å². The second-order valence-electron chi connectivity index (χ2n) is 6.35. The van der Waals surface area contributed by atoms with Crippen molar-refractivity contribution < 1.29 is 19.1 Å². The van der Waals surface area contributed by atoms with Crippen LogP contribution in [0.4, 0.5) is 5.69 Å². The number of carbonyl (C=O) groups is 2. The summed E-state index contributed by atoms with van der Waals surface area (Å²) in [7, 11) is 0. The second kappa shape index (κ2) is 7.86. The summed E-state index contributed by atoms with van der Waals surface area (Å²) in [5, 5.41) is 5.58. The number of hydrogen-bond acceptors (Lipinski definition) is 5. The Morgan fingerprint density at radius 3 is 2.62 bits per heavy atom. The standard InChI is InChI=1S/C19H21N3O4/c1-12(2)11-21-19(24)15-9-13(5-6-20-15)18(23)22-14-3-4-16-17(10-14)26-8-7-25-16/h3-6,9-10,12H,7-8,11H2,1-2H3,(H,21,24)(H,22,23). The molecular weight excluding hydrogens is 334 g/mol. The molecule has 0 spiro atoms. The normalized spacial score (nSPS) is 12.6. The van der Waals surface area contributed by atoms with Crippen LogP contribution in [-0.4, -0.2) is 36.6 Å². The van der Waals surface area contributed by atoms with Crippen LogP contribution in [0.1, 0.15) is 34.7 Å². The van der Waals surface area contributed by atoms with E-state index in [0.29, 0.717) is 48.4 Å². The molecule has 0 bridgehead atoms. The summed E-state index contributed by atoms with van der Waals surface area (Å²) in [6.45, 7) is 5.55. The molecule has 0 unspecified atom stereocenters. The van der Waals surface area contributed by atoms with Gasteiger partial charge in [-0.3, -0.25) is 14.6 Å². The predicted molar refractivity (Wildman–Crippen MR) is 96.8 cm³/mol. The number of nitrogens with one attached hydrogen (secondary N) is 2. The topological polar surface area (TPSA) is 89.6 Å². The lowest BCUT2D eigenvalue weighted by Gasteiger charge is -2.19. The average molecular weight is 355 g/mol. The van der Waals surface area contributed by atoms with Crippen LogP contribution in [-0.2, 0) is 0 Å². The van der Waals surface area contributed by atoms with Crippen molar-refractivity contribution in [3.8, 4) is 11.5 Å². The molecule has 136 valence electrons. The first-order chi connectivity index (χ1) is 12.5. The number of amides is 2. The van der Waals surface area contributed by atoms with Crippen LogP contribution in [0.5, 0.6) is 11.5 Å². The Morgan fingerprint density at radius 2 is 1.85 bits per heavy atom. The minimum atomic E-state index is -0.331. The molecule has 0 saturated heterocycles. The van der Waals surface area contributed by atoms with Crippen molar-refractivity contribution in [2.24, 2.45) is 5.92 Å². The summed E-state index contributed by atoms with van der Waals surface area (Å²) in [6.07, 6.45) is 1.45. The Labute approximate surface area is 151 Å². The highest BCUT2D eigenvalue weighted by Gasteiger charge is 2.15. The Kier molecular flexibility index (Phi) is 5.36. The summed E-state index contributed by atoms with van der Waals surface area (Å²) in [5.41, 5.74) is 1.15. The van der Waals surface area contributed by atoms with Crippen LogP contribution in [0, 0.1) is 5.92 Å². The first-order valence-electron chi connectivity index (χ1n) is 8.48.